The van der Waals surface area contributed by atoms with Crippen LogP contribution in [0.5, 0.6) is 0 Å². The quantitative estimate of drug-likeness (QED) is 0.435. The van der Waals surface area contributed by atoms with E-state index in [1.54, 1.807) is 18.5 Å². The Morgan fingerprint density at radius 2 is 1.11 bits per heavy atom. The minimum Gasteiger partial charge on any atom is -0.861 e. The van der Waals surface area contributed by atoms with Crippen molar-refractivity contribution in [2.45, 2.75) is 59.3 Å². The number of unbranched alkanes of at least 4 members (excludes halogenated alkanes) is 3. The van der Waals surface area contributed by atoms with Crippen LogP contribution in [0.2, 0.25) is 0 Å². The maximum Gasteiger partial charge on any atom is 1.00 e. The van der Waals surface area contributed by atoms with Gasteiger partial charge in [-0.25, -0.2) is 0 Å². The topological polar surface area (TPSA) is 74.8 Å². The molecule has 0 aliphatic heterocycles. The van der Waals surface area contributed by atoms with Crippen LogP contribution in [0.3, 0.4) is 0 Å². The second-order valence-electron chi connectivity index (χ2n) is 4.01. The van der Waals surface area contributed by atoms with Crippen molar-refractivity contribution in [3.05, 3.63) is 0 Å². The van der Waals surface area contributed by atoms with E-state index >= 15 is 0 Å². The summed E-state index contributed by atoms with van der Waals surface area (Å²) < 4.78 is 0. The molecule has 0 rings (SSSR count). The molecular formula is C12H30BKO3P. The molecule has 0 atom stereocenters. The van der Waals surface area contributed by atoms with Crippen LogP contribution in [0.1, 0.15) is 59.3 Å². The number of hydrogen-bond acceptors (Lipinski definition) is 2. The van der Waals surface area contributed by atoms with E-state index < -0.39 is 0 Å². The largest absolute Gasteiger partial charge is 1.00 e. The zero-order chi connectivity index (χ0) is 12.6. The zero-order valence-corrected chi connectivity index (χ0v) is 16.8. The molecule has 0 heterocycles. The van der Waals surface area contributed by atoms with E-state index in [1.165, 1.54) is 38.5 Å². The zero-order valence-electron chi connectivity index (χ0n) is 12.7. The Morgan fingerprint density at radius 3 is 1.28 bits per heavy atom. The van der Waals surface area contributed by atoms with Crippen molar-refractivity contribution < 1.29 is 66.9 Å². The predicted octanol–water partition coefficient (Wildman–Crippen LogP) is -1.08. The van der Waals surface area contributed by atoms with Gasteiger partial charge in [0.15, 0.2) is 7.69 Å². The summed E-state index contributed by atoms with van der Waals surface area (Å²) in [6.07, 6.45) is 13.2. The van der Waals surface area contributed by atoms with Gasteiger partial charge in [-0.05, 0) is 37.7 Å². The first kappa shape index (κ1) is 28.2. The van der Waals surface area contributed by atoms with Gasteiger partial charge in [0.25, 0.3) is 0 Å². The summed E-state index contributed by atoms with van der Waals surface area (Å²) in [5.74, 6) is 0. The first-order valence-corrected chi connectivity index (χ1v) is 8.46. The summed E-state index contributed by atoms with van der Waals surface area (Å²) in [5, 5.41) is 15.2. The van der Waals surface area contributed by atoms with Crippen LogP contribution in [0, 0.1) is 0 Å². The van der Waals surface area contributed by atoms with Crippen molar-refractivity contribution in [3.8, 4) is 0 Å². The van der Waals surface area contributed by atoms with E-state index in [1.807, 2.05) is 0 Å². The van der Waals surface area contributed by atoms with Gasteiger partial charge in [0.05, 0.1) is 0 Å². The third-order valence-corrected chi connectivity index (χ3v) is 5.33. The minimum atomic E-state index is -0.250. The molecule has 18 heavy (non-hydrogen) atoms. The van der Waals surface area contributed by atoms with Gasteiger partial charge in [-0.1, -0.05) is 40.0 Å². The summed E-state index contributed by atoms with van der Waals surface area (Å²) >= 11 is 0. The van der Waals surface area contributed by atoms with Crippen LogP contribution in [0.15, 0.2) is 0 Å². The molecule has 0 saturated heterocycles. The van der Waals surface area contributed by atoms with Gasteiger partial charge in [-0.2, -0.15) is 0 Å². The minimum absolute atomic E-state index is 0. The molecule has 0 saturated carbocycles. The van der Waals surface area contributed by atoms with Crippen LogP contribution in [0.4, 0.5) is 0 Å². The van der Waals surface area contributed by atoms with Crippen LogP contribution in [-0.2, 0) is 0 Å². The number of rotatable bonds is 9. The molecule has 1 radical (unpaired) electrons. The second kappa shape index (κ2) is 27.4. The normalized spacial score (nSPS) is 8.78. The van der Waals surface area contributed by atoms with Gasteiger partial charge in [0.2, 0.25) is 0 Å². The maximum absolute atomic E-state index is 8.36. The Morgan fingerprint density at radius 1 is 0.889 bits per heavy atom. The van der Waals surface area contributed by atoms with Crippen LogP contribution in [-0.4, -0.2) is 36.7 Å². The van der Waals surface area contributed by atoms with Gasteiger partial charge in [-0.15, -0.1) is 7.92 Å². The first-order chi connectivity index (χ1) is 7.76. The van der Waals surface area contributed by atoms with Gasteiger partial charge < -0.3 is 15.5 Å². The maximum atomic E-state index is 8.36. The molecule has 0 aromatic rings. The van der Waals surface area contributed by atoms with Crippen molar-refractivity contribution >= 4 is 15.6 Å². The second-order valence-corrected chi connectivity index (χ2v) is 6.69. The summed E-state index contributed by atoms with van der Waals surface area (Å²) in [6.45, 7) is 6.94. The summed E-state index contributed by atoms with van der Waals surface area (Å²) in [6, 6.07) is 0. The first-order valence-electron chi connectivity index (χ1n) is 6.56. The molecule has 0 aromatic carbocycles. The third-order valence-electron chi connectivity index (χ3n) is 2.48. The van der Waals surface area contributed by atoms with E-state index in [-0.39, 0.29) is 64.5 Å². The van der Waals surface area contributed by atoms with Crippen LogP contribution >= 0.6 is 7.92 Å². The van der Waals surface area contributed by atoms with Crippen molar-refractivity contribution in [1.82, 2.24) is 0 Å². The molecule has 3 nitrogen and oxygen atoms in total. The average Bonchev–Trinajstić information content (AvgIpc) is 2.29. The SMILES string of the molecule is CCCCP(CCCC)CCCC.O.[K+].[O-][B]O. The Balaban J connectivity index is -0.000000177. The molecule has 0 aliphatic carbocycles. The Bertz CT molecular complexity index is 104. The molecule has 3 N–H and O–H groups in total. The Hall–Kier alpha value is 2.01. The van der Waals surface area contributed by atoms with E-state index in [0.29, 0.717) is 7.92 Å². The van der Waals surface area contributed by atoms with Crippen molar-refractivity contribution in [1.29, 1.82) is 0 Å². The average molecular weight is 303 g/mol. The monoisotopic (exact) mass is 303 g/mol. The number of hydrogen-bond donors (Lipinski definition) is 1. The summed E-state index contributed by atoms with van der Waals surface area (Å²) in [5.41, 5.74) is 0. The van der Waals surface area contributed by atoms with Crippen molar-refractivity contribution in [2.75, 3.05) is 18.5 Å². The Labute approximate surface area is 158 Å². The fourth-order valence-corrected chi connectivity index (χ4v) is 4.44. The van der Waals surface area contributed by atoms with Crippen LogP contribution in [0.25, 0.3) is 0 Å². The third kappa shape index (κ3) is 26.5. The van der Waals surface area contributed by atoms with E-state index in [2.05, 4.69) is 20.8 Å². The molecule has 0 unspecified atom stereocenters. The van der Waals surface area contributed by atoms with Crippen LogP contribution < -0.4 is 56.4 Å². The van der Waals surface area contributed by atoms with Crippen molar-refractivity contribution in [2.24, 2.45) is 0 Å². The van der Waals surface area contributed by atoms with E-state index in [9.17, 15) is 0 Å². The van der Waals surface area contributed by atoms with Gasteiger partial charge in [0, 0.05) is 0 Å². The predicted molar refractivity (Wildman–Crippen MR) is 77.8 cm³/mol. The molecule has 0 bridgehead atoms. The van der Waals surface area contributed by atoms with E-state index in [4.69, 9.17) is 10.0 Å². The molecule has 0 fully saturated rings. The summed E-state index contributed by atoms with van der Waals surface area (Å²) in [7, 11) is 0.172. The molecular weight excluding hydrogens is 273 g/mol. The standard InChI is InChI=1S/C12H27P.BHO2.K.H2O/c1-4-7-10-13(11-8-5-2)12-9-6-3;2-1-3;;/h4-12H2,1-3H3;2H;;1H2/q;-1;+1;. The van der Waals surface area contributed by atoms with Gasteiger partial charge in [0.1, 0.15) is 0 Å². The molecule has 105 valence electrons. The molecule has 6 heteroatoms. The van der Waals surface area contributed by atoms with E-state index in [0.717, 1.165) is 0 Å². The smallest absolute Gasteiger partial charge is 0.861 e. The fourth-order valence-electron chi connectivity index (χ4n) is 1.48. The molecule has 0 aliphatic rings. The Kier molecular flexibility index (Phi) is 42.9. The fraction of sp³-hybridized carbons (Fsp3) is 1.00. The molecule has 0 spiro atoms. The van der Waals surface area contributed by atoms with Crippen molar-refractivity contribution in [3.63, 3.8) is 0 Å². The summed E-state index contributed by atoms with van der Waals surface area (Å²) in [4.78, 5) is 0. The van der Waals surface area contributed by atoms with Gasteiger partial charge in [-0.3, -0.25) is 0 Å². The molecule has 0 aromatic heterocycles. The molecule has 0 amide bonds. The van der Waals surface area contributed by atoms with Gasteiger partial charge >= 0.3 is 51.4 Å².